The van der Waals surface area contributed by atoms with Crippen molar-refractivity contribution in [2.75, 3.05) is 0 Å². The van der Waals surface area contributed by atoms with Gasteiger partial charge in [-0.15, -0.1) is 0 Å². The fourth-order valence-corrected chi connectivity index (χ4v) is 1.92. The second-order valence-electron chi connectivity index (χ2n) is 4.26. The van der Waals surface area contributed by atoms with Crippen molar-refractivity contribution in [1.82, 2.24) is 0 Å². The summed E-state index contributed by atoms with van der Waals surface area (Å²) in [7, 11) is 0. The monoisotopic (exact) mass is 215 g/mol. The number of hydrogen-bond donors (Lipinski definition) is 1. The lowest BCUT2D eigenvalue weighted by Gasteiger charge is -2.14. The topological polar surface area (TPSA) is 39.2 Å². The number of benzene rings is 1. The minimum Gasteiger partial charge on any atom is -0.469 e. The molecule has 1 aromatic carbocycles. The molecule has 16 heavy (non-hydrogen) atoms. The van der Waals surface area contributed by atoms with Crippen LogP contribution in [-0.4, -0.2) is 0 Å². The molecular weight excluding hydrogens is 198 g/mol. The van der Waals surface area contributed by atoms with Crippen molar-refractivity contribution in [3.05, 3.63) is 58.5 Å². The molecule has 0 saturated heterocycles. The third-order valence-electron chi connectivity index (χ3n) is 3.09. The molecule has 1 unspecified atom stereocenters. The van der Waals surface area contributed by atoms with Crippen molar-refractivity contribution in [3.8, 4) is 0 Å². The highest BCUT2D eigenvalue weighted by atomic mass is 16.3. The quantitative estimate of drug-likeness (QED) is 0.835. The van der Waals surface area contributed by atoms with E-state index in [2.05, 4.69) is 26.0 Å². The average molecular weight is 215 g/mol. The second kappa shape index (κ2) is 4.14. The van der Waals surface area contributed by atoms with Crippen molar-refractivity contribution in [2.24, 2.45) is 5.73 Å². The number of nitrogens with two attached hydrogens (primary N) is 1. The Morgan fingerprint density at radius 2 is 1.94 bits per heavy atom. The van der Waals surface area contributed by atoms with Gasteiger partial charge in [-0.05, 0) is 43.5 Å². The molecule has 0 saturated carbocycles. The van der Waals surface area contributed by atoms with E-state index in [0.717, 1.165) is 11.3 Å². The molecule has 2 nitrogen and oxygen atoms in total. The van der Waals surface area contributed by atoms with Crippen molar-refractivity contribution in [2.45, 2.75) is 26.8 Å². The van der Waals surface area contributed by atoms with Gasteiger partial charge in [0.2, 0.25) is 0 Å². The van der Waals surface area contributed by atoms with Gasteiger partial charge in [-0.1, -0.05) is 18.2 Å². The minimum absolute atomic E-state index is 0.0997. The highest BCUT2D eigenvalue weighted by Crippen LogP contribution is 2.25. The Labute approximate surface area is 96.1 Å². The van der Waals surface area contributed by atoms with Crippen LogP contribution in [0.15, 0.2) is 34.9 Å². The maximum atomic E-state index is 6.24. The first-order valence-electron chi connectivity index (χ1n) is 5.46. The zero-order valence-corrected chi connectivity index (χ0v) is 9.95. The Balaban J connectivity index is 2.41. The number of aryl methyl sites for hydroxylation is 2. The van der Waals surface area contributed by atoms with Gasteiger partial charge in [0.25, 0.3) is 0 Å². The molecule has 0 aliphatic carbocycles. The van der Waals surface area contributed by atoms with E-state index in [0.29, 0.717) is 0 Å². The molecule has 0 fully saturated rings. The summed E-state index contributed by atoms with van der Waals surface area (Å²) in [5, 5.41) is 0. The van der Waals surface area contributed by atoms with Crippen molar-refractivity contribution < 1.29 is 4.42 Å². The predicted molar refractivity (Wildman–Crippen MR) is 65.4 cm³/mol. The lowest BCUT2D eigenvalue weighted by atomic mass is 9.95. The van der Waals surface area contributed by atoms with Crippen LogP contribution in [0, 0.1) is 20.8 Å². The third-order valence-corrected chi connectivity index (χ3v) is 3.09. The van der Waals surface area contributed by atoms with Crippen LogP contribution < -0.4 is 5.73 Å². The summed E-state index contributed by atoms with van der Waals surface area (Å²) in [6.07, 6.45) is 1.74. The van der Waals surface area contributed by atoms with E-state index in [9.17, 15) is 0 Å². The standard InChI is InChI=1S/C14H17NO/c1-9-5-4-6-13(11(9)3)14(15)12-7-10(2)16-8-12/h4-8,14H,15H2,1-3H3. The van der Waals surface area contributed by atoms with Gasteiger partial charge in [-0.3, -0.25) is 0 Å². The third kappa shape index (κ3) is 1.89. The zero-order valence-electron chi connectivity index (χ0n) is 9.95. The van der Waals surface area contributed by atoms with Crippen LogP contribution >= 0.6 is 0 Å². The maximum Gasteiger partial charge on any atom is 0.101 e. The molecule has 2 aromatic rings. The second-order valence-corrected chi connectivity index (χ2v) is 4.26. The van der Waals surface area contributed by atoms with Gasteiger partial charge in [0.05, 0.1) is 12.3 Å². The predicted octanol–water partition coefficient (Wildman–Crippen LogP) is 3.25. The first kappa shape index (κ1) is 11.0. The Morgan fingerprint density at radius 1 is 1.19 bits per heavy atom. The number of rotatable bonds is 2. The highest BCUT2D eigenvalue weighted by molar-refractivity contribution is 5.39. The molecule has 0 amide bonds. The molecule has 0 aliphatic heterocycles. The summed E-state index contributed by atoms with van der Waals surface area (Å²) in [4.78, 5) is 0. The molecule has 0 radical (unpaired) electrons. The van der Waals surface area contributed by atoms with E-state index in [1.54, 1.807) is 6.26 Å². The van der Waals surface area contributed by atoms with Crippen LogP contribution in [0.3, 0.4) is 0 Å². The van der Waals surface area contributed by atoms with Crippen LogP contribution in [0.25, 0.3) is 0 Å². The lowest BCUT2D eigenvalue weighted by molar-refractivity contribution is 0.530. The van der Waals surface area contributed by atoms with Crippen LogP contribution in [0.2, 0.25) is 0 Å². The van der Waals surface area contributed by atoms with Crippen LogP contribution in [-0.2, 0) is 0 Å². The summed E-state index contributed by atoms with van der Waals surface area (Å²) >= 11 is 0. The van der Waals surface area contributed by atoms with E-state index in [-0.39, 0.29) is 6.04 Å². The van der Waals surface area contributed by atoms with E-state index in [4.69, 9.17) is 10.2 Å². The Hall–Kier alpha value is -1.54. The van der Waals surface area contributed by atoms with E-state index in [1.807, 2.05) is 19.1 Å². The lowest BCUT2D eigenvalue weighted by Crippen LogP contribution is -2.12. The summed E-state index contributed by atoms with van der Waals surface area (Å²) < 4.78 is 5.30. The SMILES string of the molecule is Cc1cc(C(N)c2cccc(C)c2C)co1. The molecule has 1 aromatic heterocycles. The van der Waals surface area contributed by atoms with Gasteiger partial charge in [0.1, 0.15) is 5.76 Å². The maximum absolute atomic E-state index is 6.24. The van der Waals surface area contributed by atoms with Crippen LogP contribution in [0.5, 0.6) is 0 Å². The van der Waals surface area contributed by atoms with Gasteiger partial charge in [0, 0.05) is 5.56 Å². The Kier molecular flexibility index (Phi) is 2.84. The normalized spacial score (nSPS) is 12.8. The molecule has 84 valence electrons. The average Bonchev–Trinajstić information content (AvgIpc) is 2.68. The molecule has 1 heterocycles. The minimum atomic E-state index is -0.0997. The smallest absolute Gasteiger partial charge is 0.101 e. The first-order chi connectivity index (χ1) is 7.59. The molecule has 2 heteroatoms. The van der Waals surface area contributed by atoms with Crippen molar-refractivity contribution in [3.63, 3.8) is 0 Å². The first-order valence-corrected chi connectivity index (χ1v) is 5.46. The van der Waals surface area contributed by atoms with E-state index >= 15 is 0 Å². The highest BCUT2D eigenvalue weighted by Gasteiger charge is 2.13. The number of hydrogen-bond acceptors (Lipinski definition) is 2. The summed E-state index contributed by atoms with van der Waals surface area (Å²) in [6.45, 7) is 6.14. The summed E-state index contributed by atoms with van der Waals surface area (Å²) in [6, 6.07) is 8.12. The summed E-state index contributed by atoms with van der Waals surface area (Å²) in [5.41, 5.74) is 11.0. The molecule has 0 aliphatic rings. The summed E-state index contributed by atoms with van der Waals surface area (Å²) in [5.74, 6) is 0.899. The largest absolute Gasteiger partial charge is 0.469 e. The van der Waals surface area contributed by atoms with E-state index < -0.39 is 0 Å². The van der Waals surface area contributed by atoms with E-state index in [1.165, 1.54) is 16.7 Å². The Bertz CT molecular complexity index is 499. The Morgan fingerprint density at radius 3 is 2.56 bits per heavy atom. The van der Waals surface area contributed by atoms with Gasteiger partial charge in [-0.2, -0.15) is 0 Å². The van der Waals surface area contributed by atoms with Crippen LogP contribution in [0.4, 0.5) is 0 Å². The van der Waals surface area contributed by atoms with Crippen molar-refractivity contribution in [1.29, 1.82) is 0 Å². The van der Waals surface area contributed by atoms with Gasteiger partial charge in [-0.25, -0.2) is 0 Å². The van der Waals surface area contributed by atoms with Gasteiger partial charge in [0.15, 0.2) is 0 Å². The zero-order chi connectivity index (χ0) is 11.7. The molecule has 0 spiro atoms. The van der Waals surface area contributed by atoms with Gasteiger partial charge < -0.3 is 10.2 Å². The molecular formula is C14H17NO. The number of furan rings is 1. The van der Waals surface area contributed by atoms with Crippen LogP contribution in [0.1, 0.15) is 34.1 Å². The molecule has 0 bridgehead atoms. The fourth-order valence-electron chi connectivity index (χ4n) is 1.92. The molecule has 2 rings (SSSR count). The van der Waals surface area contributed by atoms with Crippen molar-refractivity contribution >= 4 is 0 Å². The fraction of sp³-hybridized carbons (Fsp3) is 0.286. The molecule has 2 N–H and O–H groups in total. The van der Waals surface area contributed by atoms with Gasteiger partial charge >= 0.3 is 0 Å². The molecule has 1 atom stereocenters.